The molecule has 5 N–H and O–H groups in total. The van der Waals surface area contributed by atoms with Crippen LogP contribution >= 0.6 is 11.6 Å². The van der Waals surface area contributed by atoms with E-state index in [4.69, 9.17) is 22.7 Å². The van der Waals surface area contributed by atoms with Crippen LogP contribution < -0.4 is 16.4 Å². The zero-order chi connectivity index (χ0) is 20.1. The van der Waals surface area contributed by atoms with Crippen molar-refractivity contribution < 1.29 is 4.79 Å². The van der Waals surface area contributed by atoms with E-state index in [0.29, 0.717) is 28.7 Å². The molecule has 0 aliphatic heterocycles. The normalized spacial score (nSPS) is 19.1. The third kappa shape index (κ3) is 4.78. The molecule has 1 aliphatic carbocycles. The van der Waals surface area contributed by atoms with E-state index in [2.05, 4.69) is 27.5 Å². The van der Waals surface area contributed by atoms with Crippen LogP contribution in [0.15, 0.2) is 24.3 Å². The van der Waals surface area contributed by atoms with Crippen LogP contribution in [0.5, 0.6) is 0 Å². The highest BCUT2D eigenvalue weighted by Crippen LogP contribution is 2.33. The molecule has 0 atom stereocenters. The fourth-order valence-electron chi connectivity index (χ4n) is 3.51. The summed E-state index contributed by atoms with van der Waals surface area (Å²) in [5.41, 5.74) is 8.17. The van der Waals surface area contributed by atoms with Gasteiger partial charge >= 0.3 is 0 Å². The van der Waals surface area contributed by atoms with Crippen LogP contribution in [0.3, 0.4) is 0 Å². The summed E-state index contributed by atoms with van der Waals surface area (Å²) in [6, 6.07) is 7.28. The van der Waals surface area contributed by atoms with Crippen molar-refractivity contribution in [1.82, 2.24) is 15.3 Å². The number of carbonyl (C=O) groups is 1. The Morgan fingerprint density at radius 2 is 2.07 bits per heavy atom. The molecule has 7 nitrogen and oxygen atoms in total. The molecule has 3 rings (SSSR count). The second kappa shape index (κ2) is 9.01. The highest BCUT2D eigenvalue weighted by Gasteiger charge is 2.21. The van der Waals surface area contributed by atoms with Crippen molar-refractivity contribution in [3.05, 3.63) is 35.1 Å². The van der Waals surface area contributed by atoms with Crippen LogP contribution in [-0.4, -0.2) is 28.8 Å². The molecule has 2 aromatic rings. The third-order valence-corrected chi connectivity index (χ3v) is 5.40. The Balaban J connectivity index is 1.93. The maximum absolute atomic E-state index is 10.7. The lowest BCUT2D eigenvalue weighted by Gasteiger charge is -2.27. The van der Waals surface area contributed by atoms with Gasteiger partial charge in [-0.25, -0.2) is 9.97 Å². The van der Waals surface area contributed by atoms with Gasteiger partial charge in [0.15, 0.2) is 17.5 Å². The number of nitrogens with zero attached hydrogens (tertiary/aromatic N) is 2. The molecule has 0 spiro atoms. The molecule has 1 heterocycles. The molecule has 0 unspecified atom stereocenters. The summed E-state index contributed by atoms with van der Waals surface area (Å²) in [5.74, 6) is 1.45. The van der Waals surface area contributed by atoms with E-state index in [9.17, 15) is 4.79 Å². The molecule has 1 amide bonds. The van der Waals surface area contributed by atoms with Gasteiger partial charge in [-0.2, -0.15) is 0 Å². The Bertz CT molecular complexity index is 864. The zero-order valence-electron chi connectivity index (χ0n) is 15.8. The van der Waals surface area contributed by atoms with Gasteiger partial charge < -0.3 is 16.4 Å². The van der Waals surface area contributed by atoms with Crippen molar-refractivity contribution in [3.8, 4) is 11.3 Å². The summed E-state index contributed by atoms with van der Waals surface area (Å²) in [7, 11) is 0. The lowest BCUT2D eigenvalue weighted by molar-refractivity contribution is -0.108. The number of carbonyl (C=O) groups excluding carboxylic acids is 1. The van der Waals surface area contributed by atoms with E-state index in [-0.39, 0.29) is 17.5 Å². The van der Waals surface area contributed by atoms with Gasteiger partial charge in [-0.3, -0.25) is 10.2 Å². The van der Waals surface area contributed by atoms with Crippen molar-refractivity contribution in [2.45, 2.75) is 32.6 Å². The number of anilines is 2. The molecule has 0 bridgehead atoms. The van der Waals surface area contributed by atoms with Crippen LogP contribution in [0.2, 0.25) is 5.02 Å². The van der Waals surface area contributed by atoms with E-state index >= 15 is 0 Å². The monoisotopic (exact) mass is 400 g/mol. The molecule has 1 saturated carbocycles. The minimum absolute atomic E-state index is 0.0524. The number of benzene rings is 1. The van der Waals surface area contributed by atoms with Crippen LogP contribution in [0.4, 0.5) is 11.5 Å². The van der Waals surface area contributed by atoms with E-state index in [1.165, 1.54) is 25.7 Å². The summed E-state index contributed by atoms with van der Waals surface area (Å²) in [5, 5.41) is 14.2. The average molecular weight is 401 g/mol. The number of nitrogens with one attached hydrogen (secondary N) is 3. The van der Waals surface area contributed by atoms with Crippen molar-refractivity contribution in [2.24, 2.45) is 11.8 Å². The van der Waals surface area contributed by atoms with E-state index < -0.39 is 0 Å². The molecule has 1 fully saturated rings. The van der Waals surface area contributed by atoms with Gasteiger partial charge in [0, 0.05) is 17.1 Å². The van der Waals surface area contributed by atoms with Crippen molar-refractivity contribution in [2.75, 3.05) is 17.6 Å². The minimum atomic E-state index is -0.210. The Kier molecular flexibility index (Phi) is 6.46. The highest BCUT2D eigenvalue weighted by molar-refractivity contribution is 6.30. The second-order valence-corrected chi connectivity index (χ2v) is 7.75. The molecule has 8 heteroatoms. The number of nitrogen functional groups attached to an aromatic ring is 1. The topological polar surface area (TPSA) is 117 Å². The van der Waals surface area contributed by atoms with Crippen molar-refractivity contribution >= 4 is 35.4 Å². The molecule has 1 aromatic heterocycles. The zero-order valence-corrected chi connectivity index (χ0v) is 16.6. The number of halogens is 1. The quantitative estimate of drug-likeness (QED) is 0.335. The van der Waals surface area contributed by atoms with Crippen molar-refractivity contribution in [1.29, 1.82) is 5.41 Å². The lowest BCUT2D eigenvalue weighted by atomic mass is 9.83. The van der Waals surface area contributed by atoms with Crippen LogP contribution in [-0.2, 0) is 4.79 Å². The molecule has 28 heavy (non-hydrogen) atoms. The van der Waals surface area contributed by atoms with Gasteiger partial charge in [0.05, 0.1) is 5.69 Å². The predicted molar refractivity (Wildman–Crippen MR) is 113 cm³/mol. The fourth-order valence-corrected chi connectivity index (χ4v) is 3.70. The van der Waals surface area contributed by atoms with Gasteiger partial charge in [-0.15, -0.1) is 0 Å². The molecule has 1 aliphatic rings. The van der Waals surface area contributed by atoms with E-state index in [1.807, 2.05) is 12.1 Å². The van der Waals surface area contributed by atoms with Crippen molar-refractivity contribution in [3.63, 3.8) is 0 Å². The van der Waals surface area contributed by atoms with Gasteiger partial charge in [0.1, 0.15) is 5.69 Å². The Hall–Kier alpha value is -2.67. The number of hydrogen-bond donors (Lipinski definition) is 4. The Morgan fingerprint density at radius 1 is 1.32 bits per heavy atom. The van der Waals surface area contributed by atoms with Gasteiger partial charge in [-0.05, 0) is 36.8 Å². The maximum atomic E-state index is 10.7. The Labute approximate surface area is 169 Å². The molecular formula is C20H25ClN6O. The molecule has 1 aromatic carbocycles. The number of hydrogen-bond acceptors (Lipinski definition) is 6. The van der Waals surface area contributed by atoms with Gasteiger partial charge in [-0.1, -0.05) is 43.5 Å². The lowest BCUT2D eigenvalue weighted by Crippen LogP contribution is -2.25. The summed E-state index contributed by atoms with van der Waals surface area (Å²) < 4.78 is 0. The minimum Gasteiger partial charge on any atom is -0.382 e. The first-order valence-electron chi connectivity index (χ1n) is 9.44. The largest absolute Gasteiger partial charge is 0.382 e. The summed E-state index contributed by atoms with van der Waals surface area (Å²) >= 11 is 6.16. The number of nitrogens with two attached hydrogens (primary N) is 1. The van der Waals surface area contributed by atoms with Crippen LogP contribution in [0.1, 0.15) is 38.4 Å². The van der Waals surface area contributed by atoms with Crippen LogP contribution in [0.25, 0.3) is 11.3 Å². The smallest absolute Gasteiger partial charge is 0.212 e. The first kappa shape index (κ1) is 20.1. The SMILES string of the molecule is CC1CCC(CNc2c(N)nc(C(=N)NC=O)nc2-c2cccc(Cl)c2)CC1. The molecular weight excluding hydrogens is 376 g/mol. The summed E-state index contributed by atoms with van der Waals surface area (Å²) in [4.78, 5) is 19.4. The maximum Gasteiger partial charge on any atom is 0.212 e. The van der Waals surface area contributed by atoms with Crippen LogP contribution in [0, 0.1) is 17.2 Å². The number of amidine groups is 1. The number of amides is 1. The molecule has 0 saturated heterocycles. The van der Waals surface area contributed by atoms with Gasteiger partial charge in [0.25, 0.3) is 0 Å². The van der Waals surface area contributed by atoms with E-state index in [1.54, 1.807) is 12.1 Å². The average Bonchev–Trinajstić information content (AvgIpc) is 2.68. The predicted octanol–water partition coefficient (Wildman–Crippen LogP) is 3.69. The third-order valence-electron chi connectivity index (χ3n) is 5.16. The fraction of sp³-hybridized carbons (Fsp3) is 0.400. The molecule has 0 radical (unpaired) electrons. The van der Waals surface area contributed by atoms with Gasteiger partial charge in [0.2, 0.25) is 6.41 Å². The molecule has 148 valence electrons. The summed E-state index contributed by atoms with van der Waals surface area (Å²) in [6.07, 6.45) is 5.28. The summed E-state index contributed by atoms with van der Waals surface area (Å²) in [6.45, 7) is 3.09. The Morgan fingerprint density at radius 3 is 2.75 bits per heavy atom. The standard InChI is InChI=1S/C20H25ClN6O/c1-12-5-7-13(8-6-12)10-24-17-16(14-3-2-4-15(21)9-14)26-20(27-18(17)22)19(23)25-11-28/h2-4,9,11-13,24H,5-8,10H2,1H3,(H2,22,26,27)(H2,23,25,28). The van der Waals surface area contributed by atoms with E-state index in [0.717, 1.165) is 18.0 Å². The second-order valence-electron chi connectivity index (χ2n) is 7.31. The highest BCUT2D eigenvalue weighted by atomic mass is 35.5. The first-order chi connectivity index (χ1) is 13.5. The number of rotatable bonds is 6. The number of aromatic nitrogens is 2. The first-order valence-corrected chi connectivity index (χ1v) is 9.82.